The van der Waals surface area contributed by atoms with E-state index >= 15 is 0 Å². The lowest BCUT2D eigenvalue weighted by molar-refractivity contribution is -0.113. The van der Waals surface area contributed by atoms with Gasteiger partial charge < -0.3 is 5.32 Å². The Morgan fingerprint density at radius 1 is 1.16 bits per heavy atom. The number of thioether (sulfide) groups is 2. The van der Waals surface area contributed by atoms with Gasteiger partial charge in [-0.15, -0.1) is 34.4 Å². The molecule has 0 saturated heterocycles. The van der Waals surface area contributed by atoms with Crippen LogP contribution < -0.4 is 5.32 Å². The highest BCUT2D eigenvalue weighted by atomic mass is 35.5. The van der Waals surface area contributed by atoms with Crippen molar-refractivity contribution >= 4 is 69.4 Å². The third kappa shape index (κ3) is 5.35. The minimum atomic E-state index is -0.121. The molecule has 0 aliphatic carbocycles. The van der Waals surface area contributed by atoms with Crippen molar-refractivity contribution in [1.82, 2.24) is 15.0 Å². The Morgan fingerprint density at radius 3 is 2.62 bits per heavy atom. The van der Waals surface area contributed by atoms with Crippen molar-refractivity contribution in [1.29, 1.82) is 0 Å². The monoisotopic (exact) mass is 518 g/mol. The van der Waals surface area contributed by atoms with Gasteiger partial charge >= 0.3 is 0 Å². The molecule has 3 heterocycles. The van der Waals surface area contributed by atoms with Crippen LogP contribution in [0.2, 0.25) is 5.02 Å². The van der Waals surface area contributed by atoms with Crippen LogP contribution in [0, 0.1) is 13.8 Å². The van der Waals surface area contributed by atoms with Crippen LogP contribution in [-0.2, 0) is 4.79 Å². The zero-order valence-electron chi connectivity index (χ0n) is 17.5. The predicted molar refractivity (Wildman–Crippen MR) is 139 cm³/mol. The number of halogens is 1. The minimum Gasteiger partial charge on any atom is -0.325 e. The standard InChI is InChI=1S/C22H19ClN4OS4/c1-12-10-30-20(25-12)19-13(2)18(21(29-3)32-19)16-8-9-24-22(27-16)31-11-17(28)26-15-6-4-14(23)5-7-15/h4-10H,11H2,1-3H3,(H,26,28). The molecule has 0 fully saturated rings. The molecule has 0 atom stereocenters. The van der Waals surface area contributed by atoms with E-state index in [1.54, 1.807) is 64.9 Å². The molecule has 0 bridgehead atoms. The van der Waals surface area contributed by atoms with Gasteiger partial charge in [0.25, 0.3) is 0 Å². The fourth-order valence-corrected chi connectivity index (χ4v) is 6.80. The van der Waals surface area contributed by atoms with Gasteiger partial charge in [-0.3, -0.25) is 4.79 Å². The van der Waals surface area contributed by atoms with Crippen LogP contribution in [0.5, 0.6) is 0 Å². The van der Waals surface area contributed by atoms with Crippen molar-refractivity contribution in [2.75, 3.05) is 17.3 Å². The lowest BCUT2D eigenvalue weighted by Crippen LogP contribution is -2.14. The SMILES string of the molecule is CSc1sc(-c2nc(C)cs2)c(C)c1-c1ccnc(SCC(=O)Nc2ccc(Cl)cc2)n1. The number of benzene rings is 1. The molecule has 4 aromatic rings. The number of nitrogens with one attached hydrogen (secondary N) is 1. The van der Waals surface area contributed by atoms with Crippen LogP contribution in [0.25, 0.3) is 21.1 Å². The highest BCUT2D eigenvalue weighted by Crippen LogP contribution is 2.46. The highest BCUT2D eigenvalue weighted by molar-refractivity contribution is 8.00. The lowest BCUT2D eigenvalue weighted by atomic mass is 10.1. The van der Waals surface area contributed by atoms with E-state index in [0.29, 0.717) is 15.9 Å². The molecule has 1 aromatic carbocycles. The maximum Gasteiger partial charge on any atom is 0.234 e. The van der Waals surface area contributed by atoms with E-state index in [0.717, 1.165) is 22.0 Å². The molecule has 0 spiro atoms. The fourth-order valence-electron chi connectivity index (χ4n) is 3.00. The number of carbonyl (C=O) groups excluding carboxylic acids is 1. The molecular weight excluding hydrogens is 500 g/mol. The number of thiophene rings is 1. The molecule has 164 valence electrons. The second kappa shape index (κ2) is 10.4. The molecule has 0 radical (unpaired) electrons. The summed E-state index contributed by atoms with van der Waals surface area (Å²) >= 11 is 12.3. The Bertz CT molecular complexity index is 1250. The number of aromatic nitrogens is 3. The van der Waals surface area contributed by atoms with E-state index in [9.17, 15) is 4.79 Å². The van der Waals surface area contributed by atoms with E-state index in [-0.39, 0.29) is 11.7 Å². The maximum absolute atomic E-state index is 12.3. The number of nitrogens with zero attached hydrogens (tertiary/aromatic N) is 3. The fraction of sp³-hybridized carbons (Fsp3) is 0.182. The first-order valence-corrected chi connectivity index (χ1v) is 13.8. The van der Waals surface area contributed by atoms with Gasteiger partial charge in [-0.05, 0) is 56.0 Å². The van der Waals surface area contributed by atoms with E-state index in [1.807, 2.05) is 13.0 Å². The van der Waals surface area contributed by atoms with E-state index in [1.165, 1.54) is 26.4 Å². The summed E-state index contributed by atoms with van der Waals surface area (Å²) in [7, 11) is 0. The first kappa shape index (κ1) is 23.3. The number of aryl methyl sites for hydroxylation is 1. The van der Waals surface area contributed by atoms with Gasteiger partial charge in [0.1, 0.15) is 5.01 Å². The third-order valence-electron chi connectivity index (χ3n) is 4.46. The molecule has 5 nitrogen and oxygen atoms in total. The van der Waals surface area contributed by atoms with E-state index < -0.39 is 0 Å². The Kier molecular flexibility index (Phi) is 7.52. The van der Waals surface area contributed by atoms with Gasteiger partial charge in [-0.2, -0.15) is 0 Å². The van der Waals surface area contributed by atoms with E-state index in [4.69, 9.17) is 16.6 Å². The predicted octanol–water partition coefficient (Wildman–Crippen LogP) is 7.05. The largest absolute Gasteiger partial charge is 0.325 e. The Morgan fingerprint density at radius 2 is 1.94 bits per heavy atom. The minimum absolute atomic E-state index is 0.121. The molecule has 1 N–H and O–H groups in total. The van der Waals surface area contributed by atoms with Crippen LogP contribution >= 0.6 is 57.8 Å². The zero-order valence-corrected chi connectivity index (χ0v) is 21.5. The summed E-state index contributed by atoms with van der Waals surface area (Å²) in [6, 6.07) is 8.94. The van der Waals surface area contributed by atoms with Crippen LogP contribution in [0.15, 0.2) is 51.3 Å². The van der Waals surface area contributed by atoms with Crippen molar-refractivity contribution in [2.45, 2.75) is 23.2 Å². The normalized spacial score (nSPS) is 11.0. The number of hydrogen-bond donors (Lipinski definition) is 1. The summed E-state index contributed by atoms with van der Waals surface area (Å²) in [6.45, 7) is 4.13. The summed E-state index contributed by atoms with van der Waals surface area (Å²) in [4.78, 5) is 27.2. The molecule has 0 aliphatic rings. The van der Waals surface area contributed by atoms with Gasteiger partial charge in [0.15, 0.2) is 5.16 Å². The lowest BCUT2D eigenvalue weighted by Gasteiger charge is -2.07. The summed E-state index contributed by atoms with van der Waals surface area (Å²) in [6.07, 6.45) is 3.82. The molecule has 10 heteroatoms. The molecule has 0 unspecified atom stereocenters. The second-order valence-electron chi connectivity index (χ2n) is 6.79. The summed E-state index contributed by atoms with van der Waals surface area (Å²) in [5.74, 6) is 0.0949. The molecule has 4 rings (SSSR count). The number of anilines is 1. The van der Waals surface area contributed by atoms with Crippen LogP contribution in [-0.4, -0.2) is 32.9 Å². The third-order valence-corrected chi connectivity index (χ3v) is 9.10. The first-order chi connectivity index (χ1) is 15.4. The summed E-state index contributed by atoms with van der Waals surface area (Å²) in [5.41, 5.74) is 4.88. The van der Waals surface area contributed by atoms with Gasteiger partial charge in [0.05, 0.1) is 20.5 Å². The van der Waals surface area contributed by atoms with Gasteiger partial charge in [0.2, 0.25) is 5.91 Å². The smallest absolute Gasteiger partial charge is 0.234 e. The van der Waals surface area contributed by atoms with E-state index in [2.05, 4.69) is 33.8 Å². The van der Waals surface area contributed by atoms with Crippen molar-refractivity contribution in [3.63, 3.8) is 0 Å². The number of carbonyl (C=O) groups is 1. The summed E-state index contributed by atoms with van der Waals surface area (Å²) < 4.78 is 1.19. The number of amides is 1. The average Bonchev–Trinajstić information content (AvgIpc) is 3.36. The molecule has 0 aliphatic heterocycles. The van der Waals surface area contributed by atoms with Crippen molar-refractivity contribution in [3.8, 4) is 21.1 Å². The second-order valence-corrected chi connectivity index (χ2v) is 11.1. The topological polar surface area (TPSA) is 67.8 Å². The molecular formula is C22H19ClN4OS4. The average molecular weight is 519 g/mol. The Hall–Kier alpha value is -1.91. The number of rotatable bonds is 7. The zero-order chi connectivity index (χ0) is 22.7. The summed E-state index contributed by atoms with van der Waals surface area (Å²) in [5, 5.41) is 7.16. The van der Waals surface area contributed by atoms with Crippen molar-refractivity contribution in [2.24, 2.45) is 0 Å². The number of hydrogen-bond acceptors (Lipinski definition) is 8. The van der Waals surface area contributed by atoms with Crippen molar-refractivity contribution in [3.05, 3.63) is 58.2 Å². The Balaban J connectivity index is 1.52. The molecule has 32 heavy (non-hydrogen) atoms. The number of thiazole rings is 1. The quantitative estimate of drug-likeness (QED) is 0.209. The molecule has 1 amide bonds. The maximum atomic E-state index is 12.3. The van der Waals surface area contributed by atoms with Crippen molar-refractivity contribution < 1.29 is 4.79 Å². The first-order valence-electron chi connectivity index (χ1n) is 9.56. The van der Waals surface area contributed by atoms with Gasteiger partial charge in [0, 0.05) is 33.5 Å². The highest BCUT2D eigenvalue weighted by Gasteiger charge is 2.20. The van der Waals surface area contributed by atoms with Crippen LogP contribution in [0.3, 0.4) is 0 Å². The van der Waals surface area contributed by atoms with Crippen LogP contribution in [0.4, 0.5) is 5.69 Å². The molecule has 0 saturated carbocycles. The van der Waals surface area contributed by atoms with Gasteiger partial charge in [-0.25, -0.2) is 15.0 Å². The Labute approximate surface area is 208 Å². The van der Waals surface area contributed by atoms with Gasteiger partial charge in [-0.1, -0.05) is 23.4 Å². The molecule has 3 aromatic heterocycles. The van der Waals surface area contributed by atoms with Crippen LogP contribution in [0.1, 0.15) is 11.3 Å².